The van der Waals surface area contributed by atoms with Gasteiger partial charge in [0.25, 0.3) is 0 Å². The van der Waals surface area contributed by atoms with E-state index in [4.69, 9.17) is 0 Å². The van der Waals surface area contributed by atoms with Crippen LogP contribution in [0.4, 0.5) is 4.39 Å². The third-order valence-corrected chi connectivity index (χ3v) is 7.19. The topological polar surface area (TPSA) is 93.0 Å². The van der Waals surface area contributed by atoms with Gasteiger partial charge < -0.3 is 10.2 Å². The van der Waals surface area contributed by atoms with Gasteiger partial charge in [-0.05, 0) is 52.4 Å². The lowest BCUT2D eigenvalue weighted by atomic mass is 10.0. The molecule has 0 bridgehead atoms. The number of hydrogen-bond acceptors (Lipinski definition) is 6. The predicted octanol–water partition coefficient (Wildman–Crippen LogP) is 4.94. The average molecular weight is 555 g/mol. The number of hydrogen-bond donors (Lipinski definition) is 1. The van der Waals surface area contributed by atoms with Crippen molar-refractivity contribution in [3.05, 3.63) is 124 Å². The molecule has 0 saturated carbocycles. The van der Waals surface area contributed by atoms with Gasteiger partial charge in [-0.25, -0.2) is 4.39 Å². The van der Waals surface area contributed by atoms with Crippen LogP contribution in [0.25, 0.3) is 10.7 Å². The molecule has 0 fully saturated rings. The number of benzene rings is 3. The Morgan fingerprint density at radius 2 is 1.70 bits per heavy atom. The minimum atomic E-state index is -0.956. The molecule has 5 rings (SSSR count). The summed E-state index contributed by atoms with van der Waals surface area (Å²) in [5.41, 5.74) is 3.28. The second-order valence-corrected chi connectivity index (χ2v) is 10.2. The van der Waals surface area contributed by atoms with E-state index in [2.05, 4.69) is 20.7 Å². The van der Waals surface area contributed by atoms with E-state index in [1.807, 2.05) is 79.0 Å². The number of thiophene rings is 1. The van der Waals surface area contributed by atoms with Crippen molar-refractivity contribution >= 4 is 23.2 Å². The highest BCUT2D eigenvalue weighted by atomic mass is 32.1. The summed E-state index contributed by atoms with van der Waals surface area (Å²) in [6, 6.07) is 25.7. The van der Waals surface area contributed by atoms with Crippen LogP contribution in [0.15, 0.2) is 96.4 Å². The van der Waals surface area contributed by atoms with Gasteiger partial charge in [0.2, 0.25) is 17.6 Å². The highest BCUT2D eigenvalue weighted by molar-refractivity contribution is 7.13. The van der Waals surface area contributed by atoms with Crippen molar-refractivity contribution < 1.29 is 14.0 Å². The van der Waals surface area contributed by atoms with Gasteiger partial charge in [0.05, 0.1) is 4.88 Å². The smallest absolute Gasteiger partial charge is 0.247 e. The highest BCUT2D eigenvalue weighted by Crippen LogP contribution is 2.26. The SMILES string of the molecule is Cc1ccc(C(C(=O)NCc2ccccc2)N(Cc2ccc(F)cc2)C(=O)Cn2nnc(-c3cccs3)n2)cc1. The molecule has 8 nitrogen and oxygen atoms in total. The zero-order valence-corrected chi connectivity index (χ0v) is 22.6. The summed E-state index contributed by atoms with van der Waals surface area (Å²) in [6.07, 6.45) is 0. The summed E-state index contributed by atoms with van der Waals surface area (Å²) in [6.45, 7) is 2.10. The lowest BCUT2D eigenvalue weighted by Crippen LogP contribution is -2.44. The lowest BCUT2D eigenvalue weighted by Gasteiger charge is -2.31. The van der Waals surface area contributed by atoms with Crippen molar-refractivity contribution in [3.63, 3.8) is 0 Å². The first-order valence-corrected chi connectivity index (χ1v) is 13.6. The minimum absolute atomic E-state index is 0.0723. The Morgan fingerprint density at radius 1 is 0.950 bits per heavy atom. The van der Waals surface area contributed by atoms with Crippen LogP contribution in [0.1, 0.15) is 28.3 Å². The molecule has 0 aliphatic heterocycles. The Labute approximate surface area is 235 Å². The van der Waals surface area contributed by atoms with E-state index in [1.165, 1.54) is 33.2 Å². The Morgan fingerprint density at radius 3 is 2.40 bits per heavy atom. The molecule has 0 saturated heterocycles. The second kappa shape index (κ2) is 12.4. The van der Waals surface area contributed by atoms with Crippen molar-refractivity contribution in [2.24, 2.45) is 0 Å². The summed E-state index contributed by atoms with van der Waals surface area (Å²) >= 11 is 1.47. The molecule has 10 heteroatoms. The monoisotopic (exact) mass is 554 g/mol. The Bertz CT molecular complexity index is 1550. The molecular formula is C30H27FN6O2S. The van der Waals surface area contributed by atoms with Gasteiger partial charge in [-0.1, -0.05) is 78.4 Å². The summed E-state index contributed by atoms with van der Waals surface area (Å²) < 4.78 is 13.7. The fourth-order valence-corrected chi connectivity index (χ4v) is 4.89. The normalized spacial score (nSPS) is 11.7. The fraction of sp³-hybridized carbons (Fsp3) is 0.167. The number of carbonyl (C=O) groups excluding carboxylic acids is 2. The fourth-order valence-electron chi connectivity index (χ4n) is 4.24. The number of tetrazole rings is 1. The number of aromatic nitrogens is 4. The zero-order valence-electron chi connectivity index (χ0n) is 21.8. The third-order valence-electron chi connectivity index (χ3n) is 6.32. The van der Waals surface area contributed by atoms with Crippen molar-refractivity contribution in [1.29, 1.82) is 0 Å². The van der Waals surface area contributed by atoms with Crippen molar-refractivity contribution in [1.82, 2.24) is 30.4 Å². The van der Waals surface area contributed by atoms with Gasteiger partial charge in [-0.3, -0.25) is 9.59 Å². The van der Waals surface area contributed by atoms with Crippen molar-refractivity contribution in [3.8, 4) is 10.7 Å². The van der Waals surface area contributed by atoms with Gasteiger partial charge in [-0.2, -0.15) is 4.80 Å². The van der Waals surface area contributed by atoms with Gasteiger partial charge in [0, 0.05) is 13.1 Å². The summed E-state index contributed by atoms with van der Waals surface area (Å²) in [5.74, 6) is -0.692. The molecular weight excluding hydrogens is 527 g/mol. The Balaban J connectivity index is 1.47. The van der Waals surface area contributed by atoms with Crippen LogP contribution in [-0.4, -0.2) is 36.9 Å². The summed E-state index contributed by atoms with van der Waals surface area (Å²) in [7, 11) is 0. The Kier molecular flexibility index (Phi) is 8.36. The van der Waals surface area contributed by atoms with E-state index in [-0.39, 0.29) is 30.7 Å². The first kappa shape index (κ1) is 26.9. The van der Waals surface area contributed by atoms with Crippen LogP contribution in [0.2, 0.25) is 0 Å². The molecule has 2 aromatic heterocycles. The van der Waals surface area contributed by atoms with E-state index < -0.39 is 6.04 Å². The molecule has 1 unspecified atom stereocenters. The molecule has 0 spiro atoms. The zero-order chi connectivity index (χ0) is 27.9. The number of nitrogens with zero attached hydrogens (tertiary/aromatic N) is 5. The molecule has 5 aromatic rings. The van der Waals surface area contributed by atoms with Crippen LogP contribution < -0.4 is 5.32 Å². The van der Waals surface area contributed by atoms with E-state index in [1.54, 1.807) is 12.1 Å². The first-order valence-electron chi connectivity index (χ1n) is 12.7. The minimum Gasteiger partial charge on any atom is -0.350 e. The lowest BCUT2D eigenvalue weighted by molar-refractivity contribution is -0.142. The summed E-state index contributed by atoms with van der Waals surface area (Å²) in [4.78, 5) is 31.2. The quantitative estimate of drug-likeness (QED) is 0.264. The number of carbonyl (C=O) groups is 2. The molecule has 3 aromatic carbocycles. The molecule has 202 valence electrons. The first-order chi connectivity index (χ1) is 19.5. The van der Waals surface area contributed by atoms with E-state index in [0.717, 1.165) is 16.0 Å². The average Bonchev–Trinajstić information content (AvgIpc) is 3.67. The van der Waals surface area contributed by atoms with E-state index in [9.17, 15) is 14.0 Å². The molecule has 1 N–H and O–H groups in total. The molecule has 40 heavy (non-hydrogen) atoms. The third kappa shape index (κ3) is 6.65. The molecule has 2 heterocycles. The predicted molar refractivity (Wildman–Crippen MR) is 150 cm³/mol. The van der Waals surface area contributed by atoms with Crippen LogP contribution in [0.3, 0.4) is 0 Å². The highest BCUT2D eigenvalue weighted by Gasteiger charge is 2.32. The van der Waals surface area contributed by atoms with Crippen molar-refractivity contribution in [2.75, 3.05) is 0 Å². The van der Waals surface area contributed by atoms with E-state index in [0.29, 0.717) is 23.5 Å². The van der Waals surface area contributed by atoms with Gasteiger partial charge >= 0.3 is 0 Å². The number of rotatable bonds is 10. The van der Waals surface area contributed by atoms with Gasteiger partial charge in [0.15, 0.2) is 0 Å². The number of amides is 2. The number of aryl methyl sites for hydroxylation is 1. The molecule has 1 atom stereocenters. The van der Waals surface area contributed by atoms with Crippen molar-refractivity contribution in [2.45, 2.75) is 32.6 Å². The standard InChI is InChI=1S/C30H27FN6O2S/c1-21-9-13-24(14-10-21)28(30(39)32-18-22-6-3-2-4-7-22)36(19-23-11-15-25(31)16-12-23)27(38)20-37-34-29(33-35-37)26-8-5-17-40-26/h2-17,28H,18-20H2,1H3,(H,32,39). The van der Waals surface area contributed by atoms with Crippen LogP contribution in [0, 0.1) is 12.7 Å². The number of nitrogens with one attached hydrogen (secondary N) is 1. The maximum Gasteiger partial charge on any atom is 0.247 e. The van der Waals surface area contributed by atoms with E-state index >= 15 is 0 Å². The van der Waals surface area contributed by atoms with Crippen LogP contribution in [0.5, 0.6) is 0 Å². The second-order valence-electron chi connectivity index (χ2n) is 9.29. The van der Waals surface area contributed by atoms with Crippen LogP contribution >= 0.6 is 11.3 Å². The molecule has 0 aliphatic rings. The Hall–Kier alpha value is -4.70. The van der Waals surface area contributed by atoms with Gasteiger partial charge in [-0.15, -0.1) is 21.5 Å². The molecule has 0 radical (unpaired) electrons. The number of halogens is 1. The maximum absolute atomic E-state index is 13.9. The largest absolute Gasteiger partial charge is 0.350 e. The molecule has 2 amide bonds. The van der Waals surface area contributed by atoms with Gasteiger partial charge in [0.1, 0.15) is 18.4 Å². The van der Waals surface area contributed by atoms with Crippen LogP contribution in [-0.2, 0) is 29.2 Å². The summed E-state index contributed by atoms with van der Waals surface area (Å²) in [5, 5.41) is 17.4. The maximum atomic E-state index is 13.9. The molecule has 0 aliphatic carbocycles.